The lowest BCUT2D eigenvalue weighted by Gasteiger charge is -2.25. The van der Waals surface area contributed by atoms with E-state index >= 15 is 0 Å². The van der Waals surface area contributed by atoms with Crippen LogP contribution < -0.4 is 0 Å². The Morgan fingerprint density at radius 2 is 1.72 bits per heavy atom. The second-order valence-corrected chi connectivity index (χ2v) is 6.52. The molecule has 0 saturated carbocycles. The molecule has 0 spiro atoms. The molecule has 1 atom stereocenters. The third-order valence-electron chi connectivity index (χ3n) is 4.97. The Hall–Kier alpha value is -2.68. The van der Waals surface area contributed by atoms with Crippen LogP contribution in [0.25, 0.3) is 22.0 Å². The Kier molecular flexibility index (Phi) is 4.84. The van der Waals surface area contributed by atoms with Gasteiger partial charge in [-0.1, -0.05) is 55.5 Å². The number of pyridine rings is 1. The molecule has 0 radical (unpaired) electrons. The first-order chi connectivity index (χ1) is 12.0. The minimum Gasteiger partial charge on any atom is -0.338 e. The molecule has 1 aromatic heterocycles. The summed E-state index contributed by atoms with van der Waals surface area (Å²) in [6.45, 7) is 6.15. The smallest absolute Gasteiger partial charge is 0.272 e. The van der Waals surface area contributed by atoms with Crippen LogP contribution in [0.15, 0.2) is 54.6 Å². The Morgan fingerprint density at radius 1 is 1.08 bits per heavy atom. The van der Waals surface area contributed by atoms with Gasteiger partial charge in [-0.2, -0.15) is 0 Å². The van der Waals surface area contributed by atoms with Crippen molar-refractivity contribution in [2.24, 2.45) is 0 Å². The van der Waals surface area contributed by atoms with Crippen LogP contribution in [-0.4, -0.2) is 28.9 Å². The molecule has 3 heteroatoms. The summed E-state index contributed by atoms with van der Waals surface area (Å²) in [5, 5.41) is 1.08. The van der Waals surface area contributed by atoms with Crippen molar-refractivity contribution in [1.29, 1.82) is 0 Å². The maximum absolute atomic E-state index is 13.1. The average molecular weight is 332 g/mol. The number of carbonyl (C=O) groups is 1. The molecule has 3 aromatic rings. The van der Waals surface area contributed by atoms with E-state index in [1.165, 1.54) is 0 Å². The number of hydrogen-bond donors (Lipinski definition) is 0. The van der Waals surface area contributed by atoms with Crippen LogP contribution in [0.4, 0.5) is 0 Å². The average Bonchev–Trinajstić information content (AvgIpc) is 2.66. The molecule has 0 aliphatic carbocycles. The zero-order valence-electron chi connectivity index (χ0n) is 15.3. The molecule has 1 amide bonds. The lowest BCUT2D eigenvalue weighted by Crippen LogP contribution is -2.35. The quantitative estimate of drug-likeness (QED) is 0.667. The third kappa shape index (κ3) is 3.14. The highest BCUT2D eigenvalue weighted by Crippen LogP contribution is 2.33. The van der Waals surface area contributed by atoms with Crippen LogP contribution >= 0.6 is 0 Å². The zero-order chi connectivity index (χ0) is 18.0. The first kappa shape index (κ1) is 17.2. The van der Waals surface area contributed by atoms with Gasteiger partial charge in [0.05, 0.1) is 5.52 Å². The van der Waals surface area contributed by atoms with Crippen molar-refractivity contribution in [3.05, 3.63) is 65.9 Å². The summed E-state index contributed by atoms with van der Waals surface area (Å²) in [5.74, 6) is -0.0187. The van der Waals surface area contributed by atoms with Crippen molar-refractivity contribution in [1.82, 2.24) is 9.88 Å². The van der Waals surface area contributed by atoms with Crippen molar-refractivity contribution in [3.8, 4) is 11.1 Å². The van der Waals surface area contributed by atoms with Crippen LogP contribution in [-0.2, 0) is 0 Å². The molecule has 0 saturated heterocycles. The van der Waals surface area contributed by atoms with E-state index in [1.807, 2.05) is 50.4 Å². The normalized spacial score (nSPS) is 12.2. The summed E-state index contributed by atoms with van der Waals surface area (Å²) < 4.78 is 0. The van der Waals surface area contributed by atoms with Gasteiger partial charge < -0.3 is 4.90 Å². The Bertz CT molecular complexity index is 903. The molecular weight excluding hydrogens is 308 g/mol. The topological polar surface area (TPSA) is 33.2 Å². The molecular formula is C22H24N2O. The molecule has 0 N–H and O–H groups in total. The number of benzene rings is 2. The minimum atomic E-state index is -0.0187. The van der Waals surface area contributed by atoms with Crippen LogP contribution in [0.2, 0.25) is 0 Å². The van der Waals surface area contributed by atoms with Gasteiger partial charge in [0.25, 0.3) is 5.91 Å². The highest BCUT2D eigenvalue weighted by atomic mass is 16.2. The summed E-state index contributed by atoms with van der Waals surface area (Å²) in [6.07, 6.45) is 0.917. The van der Waals surface area contributed by atoms with E-state index < -0.39 is 0 Å². The Balaban J connectivity index is 2.25. The molecule has 3 rings (SSSR count). The van der Waals surface area contributed by atoms with Crippen LogP contribution in [0, 0.1) is 6.92 Å². The fourth-order valence-corrected chi connectivity index (χ4v) is 3.13. The van der Waals surface area contributed by atoms with Crippen LogP contribution in [0.5, 0.6) is 0 Å². The van der Waals surface area contributed by atoms with Crippen molar-refractivity contribution in [3.63, 3.8) is 0 Å². The number of rotatable bonds is 4. The molecule has 1 heterocycles. The SMILES string of the molecule is CCC(C)N(C)C(=O)c1nc2ccccc2c(-c2ccccc2)c1C. The number of nitrogens with zero attached hydrogens (tertiary/aromatic N) is 2. The Labute approximate surface area is 149 Å². The van der Waals surface area contributed by atoms with E-state index in [1.54, 1.807) is 4.90 Å². The number of aromatic nitrogens is 1. The van der Waals surface area contributed by atoms with Gasteiger partial charge in [-0.3, -0.25) is 4.79 Å². The summed E-state index contributed by atoms with van der Waals surface area (Å²) in [5.41, 5.74) is 4.53. The molecule has 25 heavy (non-hydrogen) atoms. The van der Waals surface area contributed by atoms with Gasteiger partial charge in [0, 0.05) is 18.5 Å². The molecule has 0 aliphatic rings. The van der Waals surface area contributed by atoms with Crippen molar-refractivity contribution >= 4 is 16.8 Å². The Morgan fingerprint density at radius 3 is 2.40 bits per heavy atom. The van der Waals surface area contributed by atoms with E-state index in [4.69, 9.17) is 4.98 Å². The van der Waals surface area contributed by atoms with Gasteiger partial charge in [0.1, 0.15) is 5.69 Å². The van der Waals surface area contributed by atoms with Gasteiger partial charge in [0.15, 0.2) is 0 Å². The number of carbonyl (C=O) groups excluding carboxylic acids is 1. The fraction of sp³-hybridized carbons (Fsp3) is 0.273. The van der Waals surface area contributed by atoms with Crippen molar-refractivity contribution in [2.75, 3.05) is 7.05 Å². The molecule has 0 aliphatic heterocycles. The second kappa shape index (κ2) is 7.06. The van der Waals surface area contributed by atoms with Gasteiger partial charge in [-0.15, -0.1) is 0 Å². The largest absolute Gasteiger partial charge is 0.338 e. The first-order valence-corrected chi connectivity index (χ1v) is 8.76. The van der Waals surface area contributed by atoms with Gasteiger partial charge >= 0.3 is 0 Å². The lowest BCUT2D eigenvalue weighted by atomic mass is 9.94. The second-order valence-electron chi connectivity index (χ2n) is 6.52. The lowest BCUT2D eigenvalue weighted by molar-refractivity contribution is 0.0734. The van der Waals surface area contributed by atoms with Crippen molar-refractivity contribution < 1.29 is 4.79 Å². The first-order valence-electron chi connectivity index (χ1n) is 8.76. The molecule has 3 nitrogen and oxygen atoms in total. The maximum atomic E-state index is 13.1. The summed E-state index contributed by atoms with van der Waals surface area (Å²) >= 11 is 0. The van der Waals surface area contributed by atoms with E-state index in [2.05, 4.69) is 32.0 Å². The van der Waals surface area contributed by atoms with Crippen LogP contribution in [0.3, 0.4) is 0 Å². The predicted molar refractivity (Wildman–Crippen MR) is 104 cm³/mol. The molecule has 1 unspecified atom stereocenters. The zero-order valence-corrected chi connectivity index (χ0v) is 15.3. The van der Waals surface area contributed by atoms with Crippen LogP contribution in [0.1, 0.15) is 36.3 Å². The molecule has 128 valence electrons. The summed E-state index contributed by atoms with van der Waals surface area (Å²) in [6, 6.07) is 18.4. The number of fused-ring (bicyclic) bond motifs is 1. The maximum Gasteiger partial charge on any atom is 0.272 e. The van der Waals surface area contributed by atoms with Gasteiger partial charge in [0.2, 0.25) is 0 Å². The van der Waals surface area contributed by atoms with Gasteiger partial charge in [-0.25, -0.2) is 4.98 Å². The van der Waals surface area contributed by atoms with Crippen molar-refractivity contribution in [2.45, 2.75) is 33.2 Å². The molecule has 0 bridgehead atoms. The molecule has 2 aromatic carbocycles. The van der Waals surface area contributed by atoms with E-state index in [0.717, 1.165) is 34.0 Å². The minimum absolute atomic E-state index is 0.0187. The summed E-state index contributed by atoms with van der Waals surface area (Å²) in [7, 11) is 1.86. The number of amides is 1. The number of para-hydroxylation sites is 1. The number of hydrogen-bond acceptors (Lipinski definition) is 2. The highest BCUT2D eigenvalue weighted by Gasteiger charge is 2.23. The van der Waals surface area contributed by atoms with Gasteiger partial charge in [-0.05, 0) is 43.0 Å². The highest BCUT2D eigenvalue weighted by molar-refractivity contribution is 6.03. The summed E-state index contributed by atoms with van der Waals surface area (Å²) in [4.78, 5) is 19.6. The standard InChI is InChI=1S/C22H24N2O/c1-5-15(2)24(4)22(25)21-16(3)20(17-11-7-6-8-12-17)18-13-9-10-14-19(18)23-21/h6-15H,5H2,1-4H3. The molecule has 0 fully saturated rings. The van der Waals surface area contributed by atoms with E-state index in [0.29, 0.717) is 5.69 Å². The third-order valence-corrected chi connectivity index (χ3v) is 4.97. The van der Waals surface area contributed by atoms with E-state index in [9.17, 15) is 4.79 Å². The van der Waals surface area contributed by atoms with E-state index in [-0.39, 0.29) is 11.9 Å². The predicted octanol–water partition coefficient (Wildman–Crippen LogP) is 5.08. The monoisotopic (exact) mass is 332 g/mol. The fourth-order valence-electron chi connectivity index (χ4n) is 3.13.